The first-order valence-electron chi connectivity index (χ1n) is 10.1. The number of anilines is 1. The number of nitro benzene ring substituents is 1. The average molecular weight is 432 g/mol. The van der Waals surface area contributed by atoms with Gasteiger partial charge in [0.25, 0.3) is 11.6 Å². The molecule has 0 radical (unpaired) electrons. The van der Waals surface area contributed by atoms with Crippen molar-refractivity contribution >= 4 is 17.3 Å². The van der Waals surface area contributed by atoms with Gasteiger partial charge in [-0.15, -0.1) is 0 Å². The fourth-order valence-electron chi connectivity index (χ4n) is 2.75. The van der Waals surface area contributed by atoms with Crippen LogP contribution in [0.15, 0.2) is 30.3 Å². The number of hydrogen-bond acceptors (Lipinski definition) is 7. The van der Waals surface area contributed by atoms with E-state index < -0.39 is 10.8 Å². The highest BCUT2D eigenvalue weighted by Gasteiger charge is 2.25. The summed E-state index contributed by atoms with van der Waals surface area (Å²) >= 11 is 0. The number of carbonyl (C=O) groups excluding carboxylic acids is 1. The number of amides is 1. The standard InChI is InChI=1S/C22H28N2O7/c1-5-10-30-18-9-8-15(12-20(18)31-11-6-2)23-22(25)16-13-19(28-4)21(29-7-3)14-17(16)24(26)27/h8-9,12-14H,5-7,10-11H2,1-4H3,(H,23,25). The number of hydrogen-bond donors (Lipinski definition) is 1. The molecule has 0 aliphatic rings. The fraction of sp³-hybridized carbons (Fsp3) is 0.409. The molecule has 0 bridgehead atoms. The molecule has 2 aromatic rings. The van der Waals surface area contributed by atoms with E-state index in [-0.39, 0.29) is 22.7 Å². The Balaban J connectivity index is 2.36. The van der Waals surface area contributed by atoms with Crippen molar-refractivity contribution in [3.8, 4) is 23.0 Å². The Hall–Kier alpha value is -3.49. The molecule has 0 aromatic heterocycles. The zero-order chi connectivity index (χ0) is 22.8. The summed E-state index contributed by atoms with van der Waals surface area (Å²) in [6.07, 6.45) is 1.65. The lowest BCUT2D eigenvalue weighted by Gasteiger charge is -2.15. The smallest absolute Gasteiger partial charge is 0.286 e. The molecule has 9 nitrogen and oxygen atoms in total. The maximum Gasteiger partial charge on any atom is 0.286 e. The summed E-state index contributed by atoms with van der Waals surface area (Å²) in [6, 6.07) is 7.47. The van der Waals surface area contributed by atoms with E-state index in [2.05, 4.69) is 5.32 Å². The van der Waals surface area contributed by atoms with Gasteiger partial charge in [-0.05, 0) is 31.9 Å². The number of rotatable bonds is 12. The minimum absolute atomic E-state index is 0.146. The third-order valence-corrected chi connectivity index (χ3v) is 4.15. The summed E-state index contributed by atoms with van der Waals surface area (Å²) in [5.41, 5.74) is -0.109. The fourth-order valence-corrected chi connectivity index (χ4v) is 2.75. The molecule has 9 heteroatoms. The second kappa shape index (κ2) is 11.6. The Labute approximate surface area is 181 Å². The van der Waals surface area contributed by atoms with Gasteiger partial charge in [-0.2, -0.15) is 0 Å². The van der Waals surface area contributed by atoms with Gasteiger partial charge in [0, 0.05) is 17.8 Å². The topological polar surface area (TPSA) is 109 Å². The van der Waals surface area contributed by atoms with Gasteiger partial charge < -0.3 is 24.3 Å². The van der Waals surface area contributed by atoms with Crippen LogP contribution in [0.4, 0.5) is 11.4 Å². The van der Waals surface area contributed by atoms with Crippen LogP contribution in [0.3, 0.4) is 0 Å². The number of benzene rings is 2. The molecule has 0 heterocycles. The molecular formula is C22H28N2O7. The Morgan fingerprint density at radius 2 is 1.58 bits per heavy atom. The van der Waals surface area contributed by atoms with Crippen LogP contribution >= 0.6 is 0 Å². The van der Waals surface area contributed by atoms with Crippen molar-refractivity contribution in [3.63, 3.8) is 0 Å². The van der Waals surface area contributed by atoms with Crippen LogP contribution in [-0.4, -0.2) is 37.8 Å². The molecule has 0 unspecified atom stereocenters. The predicted octanol–water partition coefficient (Wildman–Crippen LogP) is 4.83. The van der Waals surface area contributed by atoms with E-state index in [0.717, 1.165) is 12.8 Å². The van der Waals surface area contributed by atoms with Gasteiger partial charge in [-0.3, -0.25) is 14.9 Å². The summed E-state index contributed by atoms with van der Waals surface area (Å²) < 4.78 is 22.0. The van der Waals surface area contributed by atoms with Gasteiger partial charge in [-0.1, -0.05) is 13.8 Å². The van der Waals surface area contributed by atoms with Crippen molar-refractivity contribution in [1.82, 2.24) is 0 Å². The zero-order valence-electron chi connectivity index (χ0n) is 18.2. The highest BCUT2D eigenvalue weighted by Crippen LogP contribution is 2.36. The van der Waals surface area contributed by atoms with Crippen LogP contribution in [0.25, 0.3) is 0 Å². The van der Waals surface area contributed by atoms with Crippen LogP contribution in [0, 0.1) is 10.1 Å². The average Bonchev–Trinajstić information content (AvgIpc) is 2.76. The van der Waals surface area contributed by atoms with Gasteiger partial charge in [0.1, 0.15) is 5.56 Å². The molecule has 168 valence electrons. The minimum atomic E-state index is -0.656. The third-order valence-electron chi connectivity index (χ3n) is 4.15. The Bertz CT molecular complexity index is 915. The van der Waals surface area contributed by atoms with Crippen LogP contribution in [0.5, 0.6) is 23.0 Å². The molecule has 2 rings (SSSR count). The summed E-state index contributed by atoms with van der Waals surface area (Å²) in [6.45, 7) is 7.05. The zero-order valence-corrected chi connectivity index (χ0v) is 18.2. The van der Waals surface area contributed by atoms with Crippen LogP contribution in [-0.2, 0) is 0 Å². The molecule has 0 spiro atoms. The molecule has 1 N–H and O–H groups in total. The van der Waals surface area contributed by atoms with Crippen molar-refractivity contribution < 1.29 is 28.7 Å². The number of nitrogens with zero attached hydrogens (tertiary/aromatic N) is 1. The van der Waals surface area contributed by atoms with Gasteiger partial charge in [0.2, 0.25) is 0 Å². The second-order valence-corrected chi connectivity index (χ2v) is 6.52. The molecule has 1 amide bonds. The van der Waals surface area contributed by atoms with Crippen molar-refractivity contribution in [2.45, 2.75) is 33.6 Å². The number of methoxy groups -OCH3 is 1. The number of nitrogens with one attached hydrogen (secondary N) is 1. The predicted molar refractivity (Wildman–Crippen MR) is 117 cm³/mol. The molecule has 0 saturated carbocycles. The lowest BCUT2D eigenvalue weighted by atomic mass is 10.1. The number of carbonyl (C=O) groups is 1. The first-order chi connectivity index (χ1) is 14.9. The van der Waals surface area contributed by atoms with Crippen molar-refractivity contribution in [2.24, 2.45) is 0 Å². The lowest BCUT2D eigenvalue weighted by molar-refractivity contribution is -0.385. The van der Waals surface area contributed by atoms with E-state index in [9.17, 15) is 14.9 Å². The van der Waals surface area contributed by atoms with Gasteiger partial charge in [-0.25, -0.2) is 0 Å². The first kappa shape index (κ1) is 23.8. The monoisotopic (exact) mass is 432 g/mol. The van der Waals surface area contributed by atoms with Crippen molar-refractivity contribution in [2.75, 3.05) is 32.2 Å². The lowest BCUT2D eigenvalue weighted by Crippen LogP contribution is -2.15. The largest absolute Gasteiger partial charge is 0.493 e. The van der Waals surface area contributed by atoms with E-state index in [0.29, 0.717) is 37.0 Å². The Morgan fingerprint density at radius 3 is 2.16 bits per heavy atom. The third kappa shape index (κ3) is 6.24. The van der Waals surface area contributed by atoms with Crippen LogP contribution in [0.2, 0.25) is 0 Å². The van der Waals surface area contributed by atoms with E-state index >= 15 is 0 Å². The molecule has 0 aliphatic heterocycles. The van der Waals surface area contributed by atoms with E-state index in [1.165, 1.54) is 19.2 Å². The van der Waals surface area contributed by atoms with E-state index in [1.54, 1.807) is 25.1 Å². The Morgan fingerprint density at radius 1 is 0.935 bits per heavy atom. The molecule has 0 fully saturated rings. The van der Waals surface area contributed by atoms with E-state index in [1.807, 2.05) is 13.8 Å². The molecule has 0 aliphatic carbocycles. The van der Waals surface area contributed by atoms with Gasteiger partial charge >= 0.3 is 0 Å². The number of ether oxygens (including phenoxy) is 4. The highest BCUT2D eigenvalue weighted by molar-refractivity contribution is 6.07. The van der Waals surface area contributed by atoms with Gasteiger partial charge in [0.05, 0.1) is 37.9 Å². The number of nitro groups is 1. The van der Waals surface area contributed by atoms with Crippen LogP contribution in [0.1, 0.15) is 44.0 Å². The molecule has 31 heavy (non-hydrogen) atoms. The second-order valence-electron chi connectivity index (χ2n) is 6.52. The quantitative estimate of drug-likeness (QED) is 0.378. The van der Waals surface area contributed by atoms with Crippen molar-refractivity contribution in [1.29, 1.82) is 0 Å². The minimum Gasteiger partial charge on any atom is -0.493 e. The summed E-state index contributed by atoms with van der Waals surface area (Å²) in [4.78, 5) is 23.8. The molecule has 2 aromatic carbocycles. The van der Waals surface area contributed by atoms with Crippen LogP contribution < -0.4 is 24.3 Å². The Kier molecular flexibility index (Phi) is 8.93. The highest BCUT2D eigenvalue weighted by atomic mass is 16.6. The normalized spacial score (nSPS) is 10.3. The summed E-state index contributed by atoms with van der Waals surface area (Å²) in [5.74, 6) is 0.833. The van der Waals surface area contributed by atoms with E-state index in [4.69, 9.17) is 18.9 Å². The maximum absolute atomic E-state index is 12.9. The van der Waals surface area contributed by atoms with Crippen molar-refractivity contribution in [3.05, 3.63) is 46.0 Å². The molecule has 0 atom stereocenters. The maximum atomic E-state index is 12.9. The summed E-state index contributed by atoms with van der Waals surface area (Å²) in [7, 11) is 1.40. The SMILES string of the molecule is CCCOc1ccc(NC(=O)c2cc(OC)c(OCC)cc2[N+](=O)[O-])cc1OCCC. The first-order valence-corrected chi connectivity index (χ1v) is 10.1. The molecule has 0 saturated heterocycles. The van der Waals surface area contributed by atoms with Gasteiger partial charge in [0.15, 0.2) is 23.0 Å². The molecular weight excluding hydrogens is 404 g/mol. The summed E-state index contributed by atoms with van der Waals surface area (Å²) in [5, 5.41) is 14.2.